The minimum atomic E-state index is 0.641. The molecule has 1 aromatic carbocycles. The Bertz CT molecular complexity index is 1230. The van der Waals surface area contributed by atoms with Crippen molar-refractivity contribution in [2.75, 3.05) is 45.9 Å². The summed E-state index contributed by atoms with van der Waals surface area (Å²) in [6.07, 6.45) is 4.78. The number of thiophene rings is 1. The molecule has 5 nitrogen and oxygen atoms in total. The Kier molecular flexibility index (Phi) is 8.50. The summed E-state index contributed by atoms with van der Waals surface area (Å²) in [5.74, 6) is 0. The van der Waals surface area contributed by atoms with Gasteiger partial charge in [0.15, 0.2) is 0 Å². The Hall–Kier alpha value is -1.39. The molecular formula is C26H31ClN4OS3. The number of nitrogens with zero attached hydrogens (tertiary/aromatic N) is 3. The van der Waals surface area contributed by atoms with Crippen LogP contribution < -0.4 is 5.32 Å². The highest BCUT2D eigenvalue weighted by atomic mass is 35.5. The Morgan fingerprint density at radius 3 is 2.51 bits per heavy atom. The average molecular weight is 547 g/mol. The molecule has 0 unspecified atom stereocenters. The highest BCUT2D eigenvalue weighted by Gasteiger charge is 2.18. The van der Waals surface area contributed by atoms with Crippen molar-refractivity contribution in [1.29, 1.82) is 0 Å². The second-order valence-corrected chi connectivity index (χ2v) is 11.6. The normalized spacial score (nSPS) is 17.3. The van der Waals surface area contributed by atoms with E-state index < -0.39 is 0 Å². The summed E-state index contributed by atoms with van der Waals surface area (Å²) in [7, 11) is 0. The predicted octanol–water partition coefficient (Wildman–Crippen LogP) is 5.48. The monoisotopic (exact) mass is 546 g/mol. The van der Waals surface area contributed by atoms with E-state index in [0.29, 0.717) is 11.5 Å². The van der Waals surface area contributed by atoms with Gasteiger partial charge in [-0.3, -0.25) is 4.90 Å². The van der Waals surface area contributed by atoms with Crippen molar-refractivity contribution < 1.29 is 4.74 Å². The van der Waals surface area contributed by atoms with Crippen molar-refractivity contribution >= 4 is 62.6 Å². The minimum Gasteiger partial charge on any atom is -0.379 e. The summed E-state index contributed by atoms with van der Waals surface area (Å²) in [5, 5.41) is 5.29. The van der Waals surface area contributed by atoms with Crippen LogP contribution >= 0.6 is 47.4 Å². The van der Waals surface area contributed by atoms with Crippen molar-refractivity contribution in [3.05, 3.63) is 62.1 Å². The molecule has 2 saturated heterocycles. The van der Waals surface area contributed by atoms with Crippen molar-refractivity contribution in [2.45, 2.75) is 32.5 Å². The number of morpholine rings is 1. The summed E-state index contributed by atoms with van der Waals surface area (Å²) in [6.45, 7) is 9.55. The number of nitrogens with one attached hydrogen (secondary N) is 1. The van der Waals surface area contributed by atoms with Gasteiger partial charge in [-0.15, -0.1) is 11.3 Å². The highest BCUT2D eigenvalue weighted by Crippen LogP contribution is 2.30. The molecule has 2 aromatic heterocycles. The number of ether oxygens (including phenoxy) is 1. The molecule has 4 heterocycles. The lowest BCUT2D eigenvalue weighted by Crippen LogP contribution is -2.35. The Labute approximate surface area is 226 Å². The summed E-state index contributed by atoms with van der Waals surface area (Å²) in [6, 6.07) is 10.1. The SMILES string of the molecule is S=C(NCc1ccc(Cl)cc1)c1cn(CCN2CCCC2)c2sc(CN3CCOCC3)cc2c1=S. The van der Waals surface area contributed by atoms with E-state index in [1.807, 2.05) is 35.6 Å². The number of thiocarbonyl (C=S) groups is 1. The molecule has 0 aliphatic carbocycles. The molecular weight excluding hydrogens is 516 g/mol. The van der Waals surface area contributed by atoms with Crippen LogP contribution in [0, 0.1) is 4.51 Å². The number of fused-ring (bicyclic) bond motifs is 1. The van der Waals surface area contributed by atoms with Crippen LogP contribution in [0.3, 0.4) is 0 Å². The van der Waals surface area contributed by atoms with Gasteiger partial charge in [0.05, 0.1) is 17.7 Å². The van der Waals surface area contributed by atoms with Gasteiger partial charge >= 0.3 is 0 Å². The lowest BCUT2D eigenvalue weighted by Gasteiger charge is -2.25. The zero-order valence-corrected chi connectivity index (χ0v) is 23.0. The highest BCUT2D eigenvalue weighted by molar-refractivity contribution is 7.80. The predicted molar refractivity (Wildman–Crippen MR) is 152 cm³/mol. The Morgan fingerprint density at radius 2 is 1.77 bits per heavy atom. The van der Waals surface area contributed by atoms with Crippen molar-refractivity contribution in [3.8, 4) is 0 Å². The molecule has 0 saturated carbocycles. The molecule has 0 atom stereocenters. The Morgan fingerprint density at radius 1 is 1.03 bits per heavy atom. The lowest BCUT2D eigenvalue weighted by molar-refractivity contribution is 0.0346. The summed E-state index contributed by atoms with van der Waals surface area (Å²) in [5.41, 5.74) is 2.07. The van der Waals surface area contributed by atoms with Crippen molar-refractivity contribution in [1.82, 2.24) is 19.7 Å². The minimum absolute atomic E-state index is 0.641. The molecule has 186 valence electrons. The van der Waals surface area contributed by atoms with Crippen LogP contribution in [0.5, 0.6) is 0 Å². The van der Waals surface area contributed by atoms with Gasteiger partial charge in [-0.2, -0.15) is 0 Å². The van der Waals surface area contributed by atoms with Gasteiger partial charge in [0.1, 0.15) is 9.82 Å². The second kappa shape index (κ2) is 11.8. The van der Waals surface area contributed by atoms with Crippen LogP contribution in [0.25, 0.3) is 10.2 Å². The Balaban J connectivity index is 1.41. The van der Waals surface area contributed by atoms with E-state index in [2.05, 4.69) is 31.9 Å². The summed E-state index contributed by atoms with van der Waals surface area (Å²) < 4.78 is 8.75. The molecule has 1 N–H and O–H groups in total. The fourth-order valence-corrected chi connectivity index (χ4v) is 6.74. The van der Waals surface area contributed by atoms with Crippen molar-refractivity contribution in [3.63, 3.8) is 0 Å². The average Bonchev–Trinajstić information content (AvgIpc) is 3.54. The molecule has 2 fully saturated rings. The van der Waals surface area contributed by atoms with Crippen LogP contribution in [0.15, 0.2) is 36.5 Å². The first-order valence-electron chi connectivity index (χ1n) is 12.3. The van der Waals surface area contributed by atoms with E-state index >= 15 is 0 Å². The van der Waals surface area contributed by atoms with Crippen LogP contribution in [-0.2, 0) is 24.4 Å². The van der Waals surface area contributed by atoms with Gasteiger partial charge in [0, 0.05) is 66.3 Å². The molecule has 5 rings (SSSR count). The number of hydrogen-bond acceptors (Lipinski definition) is 6. The topological polar surface area (TPSA) is 32.7 Å². The van der Waals surface area contributed by atoms with E-state index in [1.54, 1.807) is 0 Å². The van der Waals surface area contributed by atoms with E-state index in [1.165, 1.54) is 35.6 Å². The number of likely N-dealkylation sites (tertiary alicyclic amines) is 1. The summed E-state index contributed by atoms with van der Waals surface area (Å²) >= 11 is 19.7. The third-order valence-electron chi connectivity index (χ3n) is 6.75. The number of rotatable bonds is 8. The van der Waals surface area contributed by atoms with Crippen LogP contribution in [0.2, 0.25) is 5.02 Å². The molecule has 35 heavy (non-hydrogen) atoms. The molecule has 3 aromatic rings. The van der Waals surface area contributed by atoms with Crippen LogP contribution in [-0.4, -0.2) is 65.3 Å². The number of benzene rings is 1. The first-order valence-corrected chi connectivity index (χ1v) is 14.3. The number of aromatic nitrogens is 1. The maximum absolute atomic E-state index is 6.03. The molecule has 0 radical (unpaired) electrons. The van der Waals surface area contributed by atoms with E-state index in [-0.39, 0.29) is 0 Å². The van der Waals surface area contributed by atoms with E-state index in [4.69, 9.17) is 40.8 Å². The van der Waals surface area contributed by atoms with Gasteiger partial charge in [0.25, 0.3) is 0 Å². The molecule has 0 amide bonds. The number of pyridine rings is 1. The maximum Gasteiger partial charge on any atom is 0.109 e. The van der Waals surface area contributed by atoms with E-state index in [9.17, 15) is 0 Å². The molecule has 2 aliphatic heterocycles. The first kappa shape index (κ1) is 25.3. The fraction of sp³-hybridized carbons (Fsp3) is 0.462. The zero-order chi connectivity index (χ0) is 24.2. The molecule has 2 aliphatic rings. The first-order chi connectivity index (χ1) is 17.1. The third kappa shape index (κ3) is 6.31. The van der Waals surface area contributed by atoms with Gasteiger partial charge in [-0.25, -0.2) is 0 Å². The molecule has 0 bridgehead atoms. The second-order valence-electron chi connectivity index (χ2n) is 9.24. The lowest BCUT2D eigenvalue weighted by atomic mass is 10.2. The standard InChI is InChI=1S/C26H31ClN4OS3/c27-20-5-3-19(4-6-20)16-28-25(34)23-18-31(10-9-29-7-1-2-8-29)26-22(24(23)33)15-21(35-26)17-30-11-13-32-14-12-30/h3-6,15,18H,1-2,7-14,16-17H2,(H,28,34). The summed E-state index contributed by atoms with van der Waals surface area (Å²) in [4.78, 5) is 8.31. The quantitative estimate of drug-likeness (QED) is 0.377. The van der Waals surface area contributed by atoms with Gasteiger partial charge in [-0.05, 0) is 49.7 Å². The zero-order valence-electron chi connectivity index (χ0n) is 19.8. The smallest absolute Gasteiger partial charge is 0.109 e. The number of halogens is 1. The largest absolute Gasteiger partial charge is 0.379 e. The maximum atomic E-state index is 6.03. The fourth-order valence-electron chi connectivity index (χ4n) is 4.75. The van der Waals surface area contributed by atoms with Crippen LogP contribution in [0.4, 0.5) is 0 Å². The van der Waals surface area contributed by atoms with Gasteiger partial charge < -0.3 is 19.5 Å². The third-order valence-corrected chi connectivity index (χ3v) is 8.96. The van der Waals surface area contributed by atoms with Gasteiger partial charge in [-0.1, -0.05) is 48.2 Å². The molecule has 9 heteroatoms. The van der Waals surface area contributed by atoms with E-state index in [0.717, 1.165) is 72.0 Å². The van der Waals surface area contributed by atoms with Crippen molar-refractivity contribution in [2.24, 2.45) is 0 Å². The number of hydrogen-bond donors (Lipinski definition) is 1. The van der Waals surface area contributed by atoms with Crippen LogP contribution in [0.1, 0.15) is 28.8 Å². The molecule has 0 spiro atoms. The van der Waals surface area contributed by atoms with Gasteiger partial charge in [0.2, 0.25) is 0 Å².